The van der Waals surface area contributed by atoms with Crippen molar-refractivity contribution in [2.45, 2.75) is 32.9 Å². The molecule has 0 aliphatic rings. The molecular weight excluding hydrogens is 218 g/mol. The topological polar surface area (TPSA) is 81.6 Å². The zero-order chi connectivity index (χ0) is 13.1. The van der Waals surface area contributed by atoms with Gasteiger partial charge in [-0.05, 0) is 38.5 Å². The third-order valence-corrected chi connectivity index (χ3v) is 2.04. The summed E-state index contributed by atoms with van der Waals surface area (Å²) in [6.45, 7) is 5.82. The smallest absolute Gasteiger partial charge is 0.429 e. The molecule has 0 aromatic heterocycles. The SMILES string of the molecule is CC(C)(C)OC(=O)N(N)c1ccc(CN)cc1. The molecule has 0 spiro atoms. The molecule has 0 unspecified atom stereocenters. The number of nitrogens with two attached hydrogens (primary N) is 2. The predicted octanol–water partition coefficient (Wildman–Crippen LogP) is 1.76. The van der Waals surface area contributed by atoms with Crippen molar-refractivity contribution in [3.05, 3.63) is 29.8 Å². The van der Waals surface area contributed by atoms with Gasteiger partial charge in [0.25, 0.3) is 0 Å². The lowest BCUT2D eigenvalue weighted by Gasteiger charge is -2.24. The molecule has 1 aromatic carbocycles. The molecule has 0 saturated heterocycles. The van der Waals surface area contributed by atoms with Crippen LogP contribution in [0, 0.1) is 0 Å². The number of anilines is 1. The number of hydrazine groups is 1. The molecule has 0 fully saturated rings. The third kappa shape index (κ3) is 4.05. The summed E-state index contributed by atoms with van der Waals surface area (Å²) in [6, 6.07) is 7.09. The van der Waals surface area contributed by atoms with E-state index in [4.69, 9.17) is 16.3 Å². The average Bonchev–Trinajstić information content (AvgIpc) is 2.26. The first-order valence-electron chi connectivity index (χ1n) is 5.40. The second-order valence-electron chi connectivity index (χ2n) is 4.72. The van der Waals surface area contributed by atoms with Crippen molar-refractivity contribution in [3.8, 4) is 0 Å². The summed E-state index contributed by atoms with van der Waals surface area (Å²) < 4.78 is 5.15. The molecule has 0 saturated carbocycles. The standard InChI is InChI=1S/C12H19N3O2/c1-12(2,3)17-11(16)15(14)10-6-4-9(8-13)5-7-10/h4-7H,8,13-14H2,1-3H3. The second kappa shape index (κ2) is 5.16. The van der Waals surface area contributed by atoms with Gasteiger partial charge in [0, 0.05) is 6.54 Å². The number of hydrogen-bond donors (Lipinski definition) is 2. The fourth-order valence-corrected chi connectivity index (χ4v) is 1.21. The lowest BCUT2D eigenvalue weighted by atomic mass is 10.2. The molecule has 0 aliphatic carbocycles. The first-order valence-corrected chi connectivity index (χ1v) is 5.40. The van der Waals surface area contributed by atoms with Crippen molar-refractivity contribution in [1.82, 2.24) is 0 Å². The van der Waals surface area contributed by atoms with E-state index in [2.05, 4.69) is 0 Å². The Bertz CT molecular complexity index is 382. The summed E-state index contributed by atoms with van der Waals surface area (Å²) in [4.78, 5) is 11.7. The molecule has 0 atom stereocenters. The number of carbonyl (C=O) groups is 1. The van der Waals surface area contributed by atoms with Gasteiger partial charge in [-0.1, -0.05) is 12.1 Å². The van der Waals surface area contributed by atoms with E-state index in [-0.39, 0.29) is 0 Å². The summed E-state index contributed by atoms with van der Waals surface area (Å²) in [5.41, 5.74) is 6.46. The quantitative estimate of drug-likeness (QED) is 0.466. The predicted molar refractivity (Wildman–Crippen MR) is 67.2 cm³/mol. The Morgan fingerprint density at radius 2 is 1.82 bits per heavy atom. The Balaban J connectivity index is 2.74. The van der Waals surface area contributed by atoms with Crippen molar-refractivity contribution in [1.29, 1.82) is 0 Å². The number of rotatable bonds is 2. The van der Waals surface area contributed by atoms with Gasteiger partial charge in [0.1, 0.15) is 5.60 Å². The van der Waals surface area contributed by atoms with Crippen molar-refractivity contribution < 1.29 is 9.53 Å². The van der Waals surface area contributed by atoms with Gasteiger partial charge in [-0.25, -0.2) is 15.6 Å². The largest absolute Gasteiger partial charge is 0.442 e. The maximum atomic E-state index is 11.7. The van der Waals surface area contributed by atoms with E-state index in [1.54, 1.807) is 32.9 Å². The molecule has 1 aromatic rings. The van der Waals surface area contributed by atoms with Crippen LogP contribution in [0.3, 0.4) is 0 Å². The number of amides is 1. The molecule has 94 valence electrons. The highest BCUT2D eigenvalue weighted by molar-refractivity contribution is 5.86. The van der Waals surface area contributed by atoms with Crippen LogP contribution in [-0.2, 0) is 11.3 Å². The number of ether oxygens (including phenoxy) is 1. The van der Waals surface area contributed by atoms with Crippen LogP contribution in [0.25, 0.3) is 0 Å². The van der Waals surface area contributed by atoms with E-state index in [0.29, 0.717) is 12.2 Å². The maximum Gasteiger partial charge on any atom is 0.429 e. The minimum Gasteiger partial charge on any atom is -0.442 e. The van der Waals surface area contributed by atoms with Crippen LogP contribution in [0.15, 0.2) is 24.3 Å². The Morgan fingerprint density at radius 3 is 2.24 bits per heavy atom. The Hall–Kier alpha value is -1.59. The third-order valence-electron chi connectivity index (χ3n) is 2.04. The molecular formula is C12H19N3O2. The average molecular weight is 237 g/mol. The minimum atomic E-state index is -0.585. The van der Waals surface area contributed by atoms with E-state index < -0.39 is 11.7 Å². The van der Waals surface area contributed by atoms with E-state index in [0.717, 1.165) is 10.6 Å². The van der Waals surface area contributed by atoms with Crippen LogP contribution in [0.5, 0.6) is 0 Å². The van der Waals surface area contributed by atoms with E-state index in [9.17, 15) is 4.79 Å². The minimum absolute atomic E-state index is 0.456. The molecule has 5 heteroatoms. The summed E-state index contributed by atoms with van der Waals surface area (Å²) in [7, 11) is 0. The first kappa shape index (κ1) is 13.5. The summed E-state index contributed by atoms with van der Waals surface area (Å²) >= 11 is 0. The van der Waals surface area contributed by atoms with Crippen LogP contribution in [0.1, 0.15) is 26.3 Å². The van der Waals surface area contributed by atoms with E-state index >= 15 is 0 Å². The summed E-state index contributed by atoms with van der Waals surface area (Å²) in [6.07, 6.45) is -0.585. The van der Waals surface area contributed by atoms with Crippen LogP contribution in [0.2, 0.25) is 0 Å². The first-order chi connectivity index (χ1) is 7.83. The fraction of sp³-hybridized carbons (Fsp3) is 0.417. The van der Waals surface area contributed by atoms with Crippen LogP contribution >= 0.6 is 0 Å². The van der Waals surface area contributed by atoms with Crippen LogP contribution in [-0.4, -0.2) is 11.7 Å². The number of hydrogen-bond acceptors (Lipinski definition) is 4. The lowest BCUT2D eigenvalue weighted by Crippen LogP contribution is -2.41. The van der Waals surface area contributed by atoms with E-state index in [1.807, 2.05) is 12.1 Å². The number of benzene rings is 1. The van der Waals surface area contributed by atoms with Gasteiger partial charge in [0.15, 0.2) is 0 Å². The molecule has 0 heterocycles. The summed E-state index contributed by atoms with van der Waals surface area (Å²) in [5, 5.41) is 0.978. The molecule has 0 aliphatic heterocycles. The van der Waals surface area contributed by atoms with Crippen LogP contribution in [0.4, 0.5) is 10.5 Å². The fourth-order valence-electron chi connectivity index (χ4n) is 1.21. The van der Waals surface area contributed by atoms with Gasteiger partial charge in [-0.3, -0.25) is 0 Å². The van der Waals surface area contributed by atoms with E-state index in [1.165, 1.54) is 0 Å². The highest BCUT2D eigenvalue weighted by Crippen LogP contribution is 2.16. The van der Waals surface area contributed by atoms with Crippen molar-refractivity contribution in [3.63, 3.8) is 0 Å². The van der Waals surface area contributed by atoms with Gasteiger partial charge >= 0.3 is 6.09 Å². The van der Waals surface area contributed by atoms with Crippen molar-refractivity contribution in [2.24, 2.45) is 11.6 Å². The monoisotopic (exact) mass is 237 g/mol. The van der Waals surface area contributed by atoms with Gasteiger partial charge in [-0.15, -0.1) is 0 Å². The zero-order valence-corrected chi connectivity index (χ0v) is 10.4. The molecule has 5 nitrogen and oxygen atoms in total. The maximum absolute atomic E-state index is 11.7. The Kier molecular flexibility index (Phi) is 4.09. The van der Waals surface area contributed by atoms with Crippen molar-refractivity contribution in [2.75, 3.05) is 5.01 Å². The Labute approximate surface area is 101 Å². The lowest BCUT2D eigenvalue weighted by molar-refractivity contribution is 0.0580. The van der Waals surface area contributed by atoms with Gasteiger partial charge in [0.05, 0.1) is 5.69 Å². The molecule has 17 heavy (non-hydrogen) atoms. The summed E-state index contributed by atoms with van der Waals surface area (Å²) in [5.74, 6) is 5.66. The molecule has 1 rings (SSSR count). The normalized spacial score (nSPS) is 11.1. The van der Waals surface area contributed by atoms with Crippen molar-refractivity contribution >= 4 is 11.8 Å². The zero-order valence-electron chi connectivity index (χ0n) is 10.4. The Morgan fingerprint density at radius 1 is 1.29 bits per heavy atom. The highest BCUT2D eigenvalue weighted by Gasteiger charge is 2.20. The highest BCUT2D eigenvalue weighted by atomic mass is 16.6. The number of carbonyl (C=O) groups excluding carboxylic acids is 1. The number of nitrogens with zero attached hydrogens (tertiary/aromatic N) is 1. The van der Waals surface area contributed by atoms with Crippen LogP contribution < -0.4 is 16.6 Å². The molecule has 1 amide bonds. The molecule has 4 N–H and O–H groups in total. The van der Waals surface area contributed by atoms with Gasteiger partial charge < -0.3 is 10.5 Å². The second-order valence-corrected chi connectivity index (χ2v) is 4.72. The molecule has 0 radical (unpaired) electrons. The van der Waals surface area contributed by atoms with Gasteiger partial charge in [0.2, 0.25) is 0 Å². The molecule has 0 bridgehead atoms. The van der Waals surface area contributed by atoms with Gasteiger partial charge in [-0.2, -0.15) is 0 Å².